The van der Waals surface area contributed by atoms with Crippen LogP contribution in [0, 0.1) is 5.41 Å². The molecule has 3 amide bonds. The number of carbonyl (C=O) groups excluding carboxylic acids is 3. The quantitative estimate of drug-likeness (QED) is 0.618. The van der Waals surface area contributed by atoms with Crippen LogP contribution in [0.2, 0.25) is 0 Å². The Morgan fingerprint density at radius 2 is 2.00 bits per heavy atom. The highest BCUT2D eigenvalue weighted by Crippen LogP contribution is 2.33. The maximum atomic E-state index is 13.4. The number of carbonyl (C=O) groups is 3. The monoisotopic (exact) mass is 468 g/mol. The molecule has 1 saturated heterocycles. The molecule has 2 aromatic rings. The summed E-state index contributed by atoms with van der Waals surface area (Å²) in [4.78, 5) is 53.3. The number of aromatic nitrogens is 3. The molecule has 0 aromatic carbocycles. The highest BCUT2D eigenvalue weighted by Gasteiger charge is 2.43. The Kier molecular flexibility index (Phi) is 6.44. The van der Waals surface area contributed by atoms with E-state index in [2.05, 4.69) is 20.3 Å². The van der Waals surface area contributed by atoms with Crippen LogP contribution in [0.4, 0.5) is 0 Å². The lowest BCUT2D eigenvalue weighted by Crippen LogP contribution is -2.54. The zero-order chi connectivity index (χ0) is 24.6. The second-order valence-electron chi connectivity index (χ2n) is 10.2. The summed E-state index contributed by atoms with van der Waals surface area (Å²) in [7, 11) is 0. The van der Waals surface area contributed by atoms with Crippen LogP contribution in [0.5, 0.6) is 0 Å². The van der Waals surface area contributed by atoms with E-state index in [9.17, 15) is 19.5 Å². The van der Waals surface area contributed by atoms with Gasteiger partial charge in [0.05, 0.1) is 18.3 Å². The minimum Gasteiger partial charge on any atom is -0.391 e. The summed E-state index contributed by atoms with van der Waals surface area (Å²) in [5.41, 5.74) is 2.05. The van der Waals surface area contributed by atoms with Crippen molar-refractivity contribution in [2.45, 2.75) is 65.3 Å². The Labute approximate surface area is 198 Å². The van der Waals surface area contributed by atoms with Crippen molar-refractivity contribution in [3.63, 3.8) is 0 Å². The number of fused-ring (bicyclic) bond motifs is 1. The van der Waals surface area contributed by atoms with Gasteiger partial charge in [0.15, 0.2) is 0 Å². The summed E-state index contributed by atoms with van der Waals surface area (Å²) >= 11 is 0. The molecule has 182 valence electrons. The molecule has 10 heteroatoms. The molecule has 2 aliphatic rings. The highest BCUT2D eigenvalue weighted by molar-refractivity contribution is 5.92. The van der Waals surface area contributed by atoms with Crippen molar-refractivity contribution < 1.29 is 19.5 Å². The summed E-state index contributed by atoms with van der Waals surface area (Å²) < 4.78 is 0. The molecule has 3 atom stereocenters. The molecule has 0 spiro atoms. The van der Waals surface area contributed by atoms with E-state index in [0.717, 1.165) is 12.0 Å². The van der Waals surface area contributed by atoms with Crippen LogP contribution >= 0.6 is 0 Å². The fourth-order valence-corrected chi connectivity index (χ4v) is 4.67. The van der Waals surface area contributed by atoms with Gasteiger partial charge in [-0.05, 0) is 29.0 Å². The number of β-amino-alcohol motifs (C(OH)–C–C–N with tert-alkyl or cyclic N) is 1. The van der Waals surface area contributed by atoms with Gasteiger partial charge in [-0.3, -0.25) is 19.4 Å². The number of likely N-dealkylation sites (tertiary alicyclic amines) is 1. The van der Waals surface area contributed by atoms with E-state index in [0.29, 0.717) is 31.0 Å². The summed E-state index contributed by atoms with van der Waals surface area (Å²) in [6, 6.07) is 0.707. The van der Waals surface area contributed by atoms with E-state index >= 15 is 0 Å². The van der Waals surface area contributed by atoms with Crippen molar-refractivity contribution in [3.05, 3.63) is 47.3 Å². The Morgan fingerprint density at radius 1 is 1.24 bits per heavy atom. The van der Waals surface area contributed by atoms with Gasteiger partial charge in [0.25, 0.3) is 5.91 Å². The van der Waals surface area contributed by atoms with Crippen molar-refractivity contribution >= 4 is 17.7 Å². The number of amides is 3. The SMILES string of the molecule is CC(=O)N[C@H](C(=O)N1C[C@H](O)C[C@H]1c1ncc(C(=O)N2CCc3ccncc3C2)[nH]1)C(C)(C)C. The number of hydrogen-bond donors (Lipinski definition) is 3. The molecular weight excluding hydrogens is 436 g/mol. The summed E-state index contributed by atoms with van der Waals surface area (Å²) in [5.74, 6) is -0.305. The molecule has 0 saturated carbocycles. The average Bonchev–Trinajstić information content (AvgIpc) is 3.42. The third-order valence-electron chi connectivity index (χ3n) is 6.47. The van der Waals surface area contributed by atoms with E-state index in [1.54, 1.807) is 22.2 Å². The first-order valence-electron chi connectivity index (χ1n) is 11.6. The number of nitrogens with one attached hydrogen (secondary N) is 2. The first-order chi connectivity index (χ1) is 16.0. The largest absolute Gasteiger partial charge is 0.391 e. The highest BCUT2D eigenvalue weighted by atomic mass is 16.3. The van der Waals surface area contributed by atoms with Gasteiger partial charge in [0.2, 0.25) is 11.8 Å². The van der Waals surface area contributed by atoms with Crippen LogP contribution in [0.3, 0.4) is 0 Å². The third-order valence-corrected chi connectivity index (χ3v) is 6.47. The predicted octanol–water partition coefficient (Wildman–Crippen LogP) is 1.19. The molecule has 1 fully saturated rings. The number of imidazole rings is 1. The van der Waals surface area contributed by atoms with Gasteiger partial charge in [0.1, 0.15) is 17.6 Å². The van der Waals surface area contributed by atoms with Crippen LogP contribution < -0.4 is 5.32 Å². The molecule has 4 heterocycles. The molecule has 3 N–H and O–H groups in total. The van der Waals surface area contributed by atoms with Crippen LogP contribution in [0.1, 0.15) is 67.6 Å². The van der Waals surface area contributed by atoms with E-state index in [-0.39, 0.29) is 24.3 Å². The lowest BCUT2D eigenvalue weighted by Gasteiger charge is -2.35. The molecule has 10 nitrogen and oxygen atoms in total. The van der Waals surface area contributed by atoms with Crippen LogP contribution in [-0.2, 0) is 22.6 Å². The topological polar surface area (TPSA) is 132 Å². The van der Waals surface area contributed by atoms with Crippen molar-refractivity contribution in [2.75, 3.05) is 13.1 Å². The van der Waals surface area contributed by atoms with Gasteiger partial charge in [-0.1, -0.05) is 20.8 Å². The zero-order valence-corrected chi connectivity index (χ0v) is 20.0. The molecule has 4 rings (SSSR count). The van der Waals surface area contributed by atoms with Crippen molar-refractivity contribution in [2.24, 2.45) is 5.41 Å². The molecule has 0 radical (unpaired) electrons. The van der Waals surface area contributed by atoms with Crippen LogP contribution in [0.25, 0.3) is 0 Å². The van der Waals surface area contributed by atoms with Gasteiger partial charge >= 0.3 is 0 Å². The lowest BCUT2D eigenvalue weighted by atomic mass is 9.85. The number of H-pyrrole nitrogens is 1. The molecular formula is C24H32N6O4. The molecule has 0 aliphatic carbocycles. The number of aliphatic hydroxyl groups is 1. The minimum atomic E-state index is -0.754. The fraction of sp³-hybridized carbons (Fsp3) is 0.542. The zero-order valence-electron chi connectivity index (χ0n) is 20.0. The van der Waals surface area contributed by atoms with Crippen molar-refractivity contribution in [1.29, 1.82) is 0 Å². The molecule has 34 heavy (non-hydrogen) atoms. The Balaban J connectivity index is 1.53. The van der Waals surface area contributed by atoms with Crippen LogP contribution in [-0.4, -0.2) is 72.8 Å². The maximum absolute atomic E-state index is 13.4. The minimum absolute atomic E-state index is 0.134. The van der Waals surface area contributed by atoms with Crippen molar-refractivity contribution in [3.8, 4) is 0 Å². The van der Waals surface area contributed by atoms with Gasteiger partial charge < -0.3 is 25.2 Å². The van der Waals surface area contributed by atoms with Gasteiger partial charge in [-0.25, -0.2) is 4.98 Å². The Bertz CT molecular complexity index is 1090. The first kappa shape index (κ1) is 23.9. The van der Waals surface area contributed by atoms with Gasteiger partial charge in [0, 0.05) is 45.4 Å². The molecule has 0 unspecified atom stereocenters. The molecule has 2 aromatic heterocycles. The third kappa shape index (κ3) is 4.82. The number of nitrogens with zero attached hydrogens (tertiary/aromatic N) is 4. The number of pyridine rings is 1. The van der Waals surface area contributed by atoms with E-state index in [1.807, 2.05) is 26.8 Å². The summed E-state index contributed by atoms with van der Waals surface area (Å²) in [6.07, 6.45) is 5.38. The predicted molar refractivity (Wildman–Crippen MR) is 123 cm³/mol. The van der Waals surface area contributed by atoms with Crippen molar-refractivity contribution in [1.82, 2.24) is 30.1 Å². The second-order valence-corrected chi connectivity index (χ2v) is 10.2. The maximum Gasteiger partial charge on any atom is 0.272 e. The van der Waals surface area contributed by atoms with Gasteiger partial charge in [-0.2, -0.15) is 0 Å². The first-order valence-corrected chi connectivity index (χ1v) is 11.6. The average molecular weight is 469 g/mol. The summed E-state index contributed by atoms with van der Waals surface area (Å²) in [5, 5.41) is 13.1. The smallest absolute Gasteiger partial charge is 0.272 e. The van der Waals surface area contributed by atoms with E-state index in [1.165, 1.54) is 18.7 Å². The molecule has 2 aliphatic heterocycles. The van der Waals surface area contributed by atoms with Crippen LogP contribution in [0.15, 0.2) is 24.7 Å². The standard InChI is InChI=1S/C24H32N6O4/c1-14(31)27-20(24(2,3)4)23(34)30-13-17(32)9-19(30)21-26-11-18(28-21)22(33)29-8-6-15-5-7-25-10-16(15)12-29/h5,7,10-11,17,19-20,32H,6,8-9,12-13H2,1-4H3,(H,26,28)(H,27,31)/t17-,19+,20-/m1/s1. The number of aliphatic hydroxyl groups excluding tert-OH is 1. The Morgan fingerprint density at radius 3 is 2.71 bits per heavy atom. The number of aromatic amines is 1. The van der Waals surface area contributed by atoms with E-state index in [4.69, 9.17) is 0 Å². The normalized spacial score (nSPS) is 21.2. The number of rotatable bonds is 4. The van der Waals surface area contributed by atoms with E-state index < -0.39 is 23.6 Å². The second kappa shape index (κ2) is 9.17. The molecule has 0 bridgehead atoms. The lowest BCUT2D eigenvalue weighted by molar-refractivity contribution is -0.140. The van der Waals surface area contributed by atoms with Gasteiger partial charge in [-0.15, -0.1) is 0 Å². The number of hydrogen-bond acceptors (Lipinski definition) is 6. The Hall–Kier alpha value is -3.27. The summed E-state index contributed by atoms with van der Waals surface area (Å²) in [6.45, 7) is 8.22. The fourth-order valence-electron chi connectivity index (χ4n) is 4.67.